The van der Waals surface area contributed by atoms with Crippen LogP contribution >= 0.6 is 0 Å². The van der Waals surface area contributed by atoms with Crippen LogP contribution in [0.1, 0.15) is 12.6 Å². The summed E-state index contributed by atoms with van der Waals surface area (Å²) in [6.45, 7) is 1.31. The standard InChI is InChI=1S/C13H12F3N3O2/c1-8(20)12(21)18-9-2-4-10(5-3-9)19-11(6-7-17-19)13(14,15)16/h2-8,20H,1H3,(H,18,21). The molecule has 1 aromatic heterocycles. The van der Waals surface area contributed by atoms with Crippen LogP contribution in [0, 0.1) is 0 Å². The molecule has 1 heterocycles. The van der Waals surface area contributed by atoms with Crippen molar-refractivity contribution < 1.29 is 23.1 Å². The van der Waals surface area contributed by atoms with E-state index in [0.29, 0.717) is 5.69 Å². The average molecular weight is 299 g/mol. The van der Waals surface area contributed by atoms with Crippen molar-refractivity contribution in [1.29, 1.82) is 0 Å². The predicted octanol–water partition coefficient (Wildman–Crippen LogP) is 2.21. The number of nitrogens with zero attached hydrogens (tertiary/aromatic N) is 2. The number of amides is 1. The zero-order valence-corrected chi connectivity index (χ0v) is 10.9. The summed E-state index contributed by atoms with van der Waals surface area (Å²) < 4.78 is 39.0. The summed E-state index contributed by atoms with van der Waals surface area (Å²) in [6, 6.07) is 6.51. The number of rotatable bonds is 3. The Morgan fingerprint density at radius 2 is 1.90 bits per heavy atom. The first-order chi connectivity index (χ1) is 9.79. The second-order valence-corrected chi connectivity index (χ2v) is 4.34. The quantitative estimate of drug-likeness (QED) is 0.913. The van der Waals surface area contributed by atoms with Crippen LogP contribution in [-0.2, 0) is 11.0 Å². The molecule has 21 heavy (non-hydrogen) atoms. The minimum absolute atomic E-state index is 0.211. The molecule has 5 nitrogen and oxygen atoms in total. The molecule has 0 saturated heterocycles. The number of carbonyl (C=O) groups excluding carboxylic acids is 1. The Morgan fingerprint density at radius 3 is 2.43 bits per heavy atom. The lowest BCUT2D eigenvalue weighted by molar-refractivity contribution is -0.142. The second kappa shape index (κ2) is 5.57. The minimum atomic E-state index is -4.50. The van der Waals surface area contributed by atoms with Gasteiger partial charge in [-0.05, 0) is 37.3 Å². The molecule has 2 N–H and O–H groups in total. The molecule has 2 rings (SSSR count). The zero-order valence-electron chi connectivity index (χ0n) is 10.9. The summed E-state index contributed by atoms with van der Waals surface area (Å²) in [5, 5.41) is 15.1. The van der Waals surface area contributed by atoms with E-state index in [1.807, 2.05) is 0 Å². The molecule has 0 aliphatic rings. The molecule has 0 radical (unpaired) electrons. The molecule has 0 aliphatic heterocycles. The van der Waals surface area contributed by atoms with Crippen molar-refractivity contribution in [3.8, 4) is 5.69 Å². The van der Waals surface area contributed by atoms with Crippen molar-refractivity contribution in [2.75, 3.05) is 5.32 Å². The van der Waals surface area contributed by atoms with E-state index in [4.69, 9.17) is 5.11 Å². The molecule has 2 aromatic rings. The number of nitrogens with one attached hydrogen (secondary N) is 1. The van der Waals surface area contributed by atoms with Gasteiger partial charge in [-0.2, -0.15) is 18.3 Å². The maximum Gasteiger partial charge on any atom is 0.433 e. The normalized spacial score (nSPS) is 13.0. The fourth-order valence-corrected chi connectivity index (χ4v) is 1.66. The molecule has 1 amide bonds. The maximum absolute atomic E-state index is 12.8. The van der Waals surface area contributed by atoms with E-state index in [0.717, 1.165) is 16.9 Å². The van der Waals surface area contributed by atoms with Crippen molar-refractivity contribution in [2.24, 2.45) is 0 Å². The van der Waals surface area contributed by atoms with Gasteiger partial charge in [0.15, 0.2) is 0 Å². The topological polar surface area (TPSA) is 67.2 Å². The van der Waals surface area contributed by atoms with E-state index < -0.39 is 23.9 Å². The van der Waals surface area contributed by atoms with Crippen LogP contribution in [0.2, 0.25) is 0 Å². The molecule has 0 bridgehead atoms. The zero-order chi connectivity index (χ0) is 15.6. The highest BCUT2D eigenvalue weighted by Gasteiger charge is 2.35. The summed E-state index contributed by atoms with van der Waals surface area (Å²) in [4.78, 5) is 11.3. The number of benzene rings is 1. The Morgan fingerprint density at radius 1 is 1.29 bits per heavy atom. The van der Waals surface area contributed by atoms with E-state index in [1.165, 1.54) is 31.2 Å². The van der Waals surface area contributed by atoms with Crippen LogP contribution in [0.4, 0.5) is 18.9 Å². The molecule has 0 aliphatic carbocycles. The average Bonchev–Trinajstić information content (AvgIpc) is 2.88. The summed E-state index contributed by atoms with van der Waals surface area (Å²) in [5.41, 5.74) is -0.309. The maximum atomic E-state index is 12.8. The summed E-state index contributed by atoms with van der Waals surface area (Å²) in [7, 11) is 0. The third-order valence-corrected chi connectivity index (χ3v) is 2.69. The van der Waals surface area contributed by atoms with Gasteiger partial charge < -0.3 is 10.4 Å². The number of hydrogen-bond acceptors (Lipinski definition) is 3. The summed E-state index contributed by atoms with van der Waals surface area (Å²) in [5.74, 6) is -0.599. The molecule has 0 spiro atoms. The van der Waals surface area contributed by atoms with Gasteiger partial charge in [0.05, 0.1) is 11.9 Å². The molecule has 8 heteroatoms. The van der Waals surface area contributed by atoms with Crippen molar-refractivity contribution >= 4 is 11.6 Å². The van der Waals surface area contributed by atoms with Gasteiger partial charge in [0.1, 0.15) is 11.8 Å². The van der Waals surface area contributed by atoms with Gasteiger partial charge in [-0.15, -0.1) is 0 Å². The number of aliphatic hydroxyl groups excluding tert-OH is 1. The monoisotopic (exact) mass is 299 g/mol. The van der Waals surface area contributed by atoms with E-state index in [9.17, 15) is 18.0 Å². The van der Waals surface area contributed by atoms with E-state index in [1.54, 1.807) is 0 Å². The van der Waals surface area contributed by atoms with E-state index in [-0.39, 0.29) is 5.69 Å². The fourth-order valence-electron chi connectivity index (χ4n) is 1.66. The summed E-state index contributed by atoms with van der Waals surface area (Å²) in [6.07, 6.45) is -4.62. The van der Waals surface area contributed by atoms with Gasteiger partial charge >= 0.3 is 6.18 Å². The molecular formula is C13H12F3N3O2. The van der Waals surface area contributed by atoms with Crippen LogP contribution in [0.25, 0.3) is 5.69 Å². The molecule has 112 valence electrons. The molecular weight excluding hydrogens is 287 g/mol. The number of carbonyl (C=O) groups is 1. The Kier molecular flexibility index (Phi) is 3.99. The Labute approximate surface area is 118 Å². The molecule has 1 aromatic carbocycles. The van der Waals surface area contributed by atoms with Crippen LogP contribution in [-0.4, -0.2) is 26.9 Å². The Bertz CT molecular complexity index is 633. The van der Waals surface area contributed by atoms with Crippen molar-refractivity contribution in [3.05, 3.63) is 42.2 Å². The lowest BCUT2D eigenvalue weighted by atomic mass is 10.2. The Balaban J connectivity index is 2.24. The smallest absolute Gasteiger partial charge is 0.384 e. The number of aromatic nitrogens is 2. The van der Waals surface area contributed by atoms with Gasteiger partial charge in [0, 0.05) is 5.69 Å². The van der Waals surface area contributed by atoms with Crippen molar-refractivity contribution in [1.82, 2.24) is 9.78 Å². The van der Waals surface area contributed by atoms with E-state index in [2.05, 4.69) is 10.4 Å². The molecule has 1 atom stereocenters. The highest BCUT2D eigenvalue weighted by molar-refractivity contribution is 5.93. The molecule has 0 fully saturated rings. The van der Waals surface area contributed by atoms with Crippen LogP contribution in [0.5, 0.6) is 0 Å². The van der Waals surface area contributed by atoms with Crippen molar-refractivity contribution in [2.45, 2.75) is 19.2 Å². The lowest BCUT2D eigenvalue weighted by Crippen LogP contribution is -2.24. The number of alkyl halides is 3. The summed E-state index contributed by atoms with van der Waals surface area (Å²) >= 11 is 0. The van der Waals surface area contributed by atoms with E-state index >= 15 is 0 Å². The second-order valence-electron chi connectivity index (χ2n) is 4.34. The van der Waals surface area contributed by atoms with Crippen LogP contribution in [0.3, 0.4) is 0 Å². The number of halogens is 3. The lowest BCUT2D eigenvalue weighted by Gasteiger charge is -2.11. The highest BCUT2D eigenvalue weighted by atomic mass is 19.4. The first kappa shape index (κ1) is 15.0. The number of hydrogen-bond donors (Lipinski definition) is 2. The first-order valence-corrected chi connectivity index (χ1v) is 5.99. The third kappa shape index (κ3) is 3.40. The fraction of sp³-hybridized carbons (Fsp3) is 0.231. The van der Waals surface area contributed by atoms with Crippen LogP contribution < -0.4 is 5.32 Å². The van der Waals surface area contributed by atoms with Gasteiger partial charge in [0.25, 0.3) is 5.91 Å². The van der Waals surface area contributed by atoms with Gasteiger partial charge in [-0.3, -0.25) is 4.79 Å². The molecule has 1 unspecified atom stereocenters. The van der Waals surface area contributed by atoms with Gasteiger partial charge in [-0.25, -0.2) is 4.68 Å². The SMILES string of the molecule is CC(O)C(=O)Nc1ccc(-n2nccc2C(F)(F)F)cc1. The predicted molar refractivity (Wildman–Crippen MR) is 68.9 cm³/mol. The highest BCUT2D eigenvalue weighted by Crippen LogP contribution is 2.30. The van der Waals surface area contributed by atoms with Gasteiger partial charge in [0.2, 0.25) is 0 Å². The number of anilines is 1. The van der Waals surface area contributed by atoms with Crippen LogP contribution in [0.15, 0.2) is 36.5 Å². The first-order valence-electron chi connectivity index (χ1n) is 5.99. The molecule has 0 saturated carbocycles. The minimum Gasteiger partial charge on any atom is -0.384 e. The van der Waals surface area contributed by atoms with Gasteiger partial charge in [-0.1, -0.05) is 0 Å². The Hall–Kier alpha value is -2.35. The van der Waals surface area contributed by atoms with Crippen molar-refractivity contribution in [3.63, 3.8) is 0 Å². The number of aliphatic hydroxyl groups is 1. The third-order valence-electron chi connectivity index (χ3n) is 2.69. The largest absolute Gasteiger partial charge is 0.433 e.